The Kier molecular flexibility index (Phi) is 3.06. The highest BCUT2D eigenvalue weighted by Crippen LogP contribution is 2.26. The van der Waals surface area contributed by atoms with E-state index in [9.17, 15) is 0 Å². The summed E-state index contributed by atoms with van der Waals surface area (Å²) in [6, 6.07) is 6.11. The van der Waals surface area contributed by atoms with E-state index in [4.69, 9.17) is 10.5 Å². The van der Waals surface area contributed by atoms with E-state index in [2.05, 4.69) is 25.2 Å². The molecule has 0 radical (unpaired) electrons. The first kappa shape index (κ1) is 11.3. The fourth-order valence-electron chi connectivity index (χ4n) is 2.18. The minimum Gasteiger partial charge on any atom is -0.399 e. The summed E-state index contributed by atoms with van der Waals surface area (Å²) in [6.07, 6.45) is 2.09. The molecule has 3 nitrogen and oxygen atoms in total. The van der Waals surface area contributed by atoms with E-state index in [1.165, 1.54) is 5.56 Å². The van der Waals surface area contributed by atoms with E-state index in [-0.39, 0.29) is 5.54 Å². The number of nitrogens with one attached hydrogen (secondary N) is 1. The molecule has 1 saturated heterocycles. The van der Waals surface area contributed by atoms with Crippen molar-refractivity contribution in [3.05, 3.63) is 23.8 Å². The number of nitrogens with two attached hydrogens (primary N) is 1. The predicted octanol–water partition coefficient (Wildman–Crippen LogP) is 2.56. The van der Waals surface area contributed by atoms with Crippen molar-refractivity contribution in [3.63, 3.8) is 0 Å². The molecule has 1 aliphatic rings. The van der Waals surface area contributed by atoms with Crippen LogP contribution >= 0.6 is 0 Å². The molecule has 0 atom stereocenters. The highest BCUT2D eigenvalue weighted by molar-refractivity contribution is 5.57. The molecule has 1 heterocycles. The first-order valence-electron chi connectivity index (χ1n) is 5.81. The molecule has 1 aromatic rings. The highest BCUT2D eigenvalue weighted by Gasteiger charge is 2.26. The molecule has 1 fully saturated rings. The molecular weight excluding hydrogens is 200 g/mol. The summed E-state index contributed by atoms with van der Waals surface area (Å²) in [7, 11) is 0. The number of rotatable bonds is 2. The lowest BCUT2D eigenvalue weighted by Gasteiger charge is -2.35. The van der Waals surface area contributed by atoms with E-state index >= 15 is 0 Å². The number of ether oxygens (including phenoxy) is 1. The maximum Gasteiger partial charge on any atom is 0.0488 e. The van der Waals surface area contributed by atoms with Gasteiger partial charge >= 0.3 is 0 Å². The fourth-order valence-corrected chi connectivity index (χ4v) is 2.18. The number of anilines is 2. The van der Waals surface area contributed by atoms with Crippen LogP contribution in [0.4, 0.5) is 11.4 Å². The lowest BCUT2D eigenvalue weighted by molar-refractivity contribution is 0.0658. The van der Waals surface area contributed by atoms with Crippen LogP contribution in [0.3, 0.4) is 0 Å². The van der Waals surface area contributed by atoms with Crippen molar-refractivity contribution < 1.29 is 4.74 Å². The van der Waals surface area contributed by atoms with Gasteiger partial charge < -0.3 is 15.8 Å². The molecule has 0 saturated carbocycles. The zero-order chi connectivity index (χ0) is 11.6. The molecule has 16 heavy (non-hydrogen) atoms. The Bertz CT molecular complexity index is 350. The third kappa shape index (κ3) is 2.67. The van der Waals surface area contributed by atoms with Crippen LogP contribution in [0, 0.1) is 6.92 Å². The Labute approximate surface area is 97.0 Å². The maximum absolute atomic E-state index is 5.84. The van der Waals surface area contributed by atoms with E-state index in [1.54, 1.807) is 0 Å². The van der Waals surface area contributed by atoms with Gasteiger partial charge in [-0.25, -0.2) is 0 Å². The van der Waals surface area contributed by atoms with E-state index in [0.717, 1.165) is 37.4 Å². The van der Waals surface area contributed by atoms with Crippen molar-refractivity contribution in [1.82, 2.24) is 0 Å². The van der Waals surface area contributed by atoms with Crippen molar-refractivity contribution in [2.75, 3.05) is 24.3 Å². The van der Waals surface area contributed by atoms with E-state index < -0.39 is 0 Å². The molecule has 2 rings (SSSR count). The predicted molar refractivity (Wildman–Crippen MR) is 67.7 cm³/mol. The molecule has 0 amide bonds. The molecule has 1 aromatic carbocycles. The molecule has 0 bridgehead atoms. The molecule has 0 unspecified atom stereocenters. The van der Waals surface area contributed by atoms with Gasteiger partial charge in [-0.3, -0.25) is 0 Å². The third-order valence-electron chi connectivity index (χ3n) is 3.14. The molecule has 1 aliphatic heterocycles. The fraction of sp³-hybridized carbons (Fsp3) is 0.538. The number of nitrogen functional groups attached to an aromatic ring is 1. The topological polar surface area (TPSA) is 47.3 Å². The van der Waals surface area contributed by atoms with E-state index in [0.29, 0.717) is 0 Å². The first-order valence-corrected chi connectivity index (χ1v) is 5.81. The average Bonchev–Trinajstić information content (AvgIpc) is 2.15. The van der Waals surface area contributed by atoms with Gasteiger partial charge in [0, 0.05) is 30.1 Å². The molecule has 3 N–H and O–H groups in total. The van der Waals surface area contributed by atoms with Crippen molar-refractivity contribution in [1.29, 1.82) is 0 Å². The Hall–Kier alpha value is -1.22. The normalized spacial score (nSPS) is 19.4. The van der Waals surface area contributed by atoms with Crippen LogP contribution in [0.5, 0.6) is 0 Å². The van der Waals surface area contributed by atoms with Crippen molar-refractivity contribution in [2.24, 2.45) is 0 Å². The monoisotopic (exact) mass is 220 g/mol. The van der Waals surface area contributed by atoms with Gasteiger partial charge in [0.05, 0.1) is 0 Å². The second-order valence-corrected chi connectivity index (χ2v) is 4.93. The lowest BCUT2D eigenvalue weighted by atomic mass is 9.92. The van der Waals surface area contributed by atoms with Gasteiger partial charge in [0.25, 0.3) is 0 Å². The lowest BCUT2D eigenvalue weighted by Crippen LogP contribution is -2.40. The van der Waals surface area contributed by atoms with Gasteiger partial charge in [0.15, 0.2) is 0 Å². The summed E-state index contributed by atoms with van der Waals surface area (Å²) in [6.45, 7) is 5.98. The van der Waals surface area contributed by atoms with Gasteiger partial charge in [-0.05, 0) is 50.5 Å². The SMILES string of the molecule is Cc1cc(N)cc(NC2(C)CCOCC2)c1. The number of hydrogen-bond acceptors (Lipinski definition) is 3. The van der Waals surface area contributed by atoms with Crippen LogP contribution in [-0.2, 0) is 4.74 Å². The summed E-state index contributed by atoms with van der Waals surface area (Å²) in [5, 5.41) is 3.58. The molecule has 0 aliphatic carbocycles. The first-order chi connectivity index (χ1) is 7.57. The zero-order valence-corrected chi connectivity index (χ0v) is 10.0. The van der Waals surface area contributed by atoms with Crippen molar-refractivity contribution >= 4 is 11.4 Å². The smallest absolute Gasteiger partial charge is 0.0488 e. The van der Waals surface area contributed by atoms with Crippen LogP contribution < -0.4 is 11.1 Å². The van der Waals surface area contributed by atoms with Crippen molar-refractivity contribution in [2.45, 2.75) is 32.2 Å². The molecule has 88 valence electrons. The average molecular weight is 220 g/mol. The van der Waals surface area contributed by atoms with Crippen LogP contribution in [-0.4, -0.2) is 18.8 Å². The summed E-state index contributed by atoms with van der Waals surface area (Å²) in [5.41, 5.74) is 9.10. The van der Waals surface area contributed by atoms with Crippen LogP contribution in [0.2, 0.25) is 0 Å². The second-order valence-electron chi connectivity index (χ2n) is 4.93. The minimum atomic E-state index is 0.137. The largest absolute Gasteiger partial charge is 0.399 e. The van der Waals surface area contributed by atoms with Gasteiger partial charge in [0.1, 0.15) is 0 Å². The van der Waals surface area contributed by atoms with Gasteiger partial charge in [-0.1, -0.05) is 0 Å². The third-order valence-corrected chi connectivity index (χ3v) is 3.14. The highest BCUT2D eigenvalue weighted by atomic mass is 16.5. The van der Waals surface area contributed by atoms with E-state index in [1.807, 2.05) is 12.1 Å². The molecule has 3 heteroatoms. The second kappa shape index (κ2) is 4.34. The van der Waals surface area contributed by atoms with Crippen LogP contribution in [0.1, 0.15) is 25.3 Å². The number of aryl methyl sites for hydroxylation is 1. The Balaban J connectivity index is 2.13. The number of benzene rings is 1. The Morgan fingerprint density at radius 3 is 2.56 bits per heavy atom. The standard InChI is InChI=1S/C13H20N2O/c1-10-7-11(14)9-12(8-10)15-13(2)3-5-16-6-4-13/h7-9,15H,3-6,14H2,1-2H3. The van der Waals surface area contributed by atoms with Crippen LogP contribution in [0.25, 0.3) is 0 Å². The summed E-state index contributed by atoms with van der Waals surface area (Å²) in [4.78, 5) is 0. The molecule has 0 aromatic heterocycles. The van der Waals surface area contributed by atoms with Crippen LogP contribution in [0.15, 0.2) is 18.2 Å². The summed E-state index contributed by atoms with van der Waals surface area (Å²) in [5.74, 6) is 0. The molecular formula is C13H20N2O. The Morgan fingerprint density at radius 2 is 1.94 bits per heavy atom. The maximum atomic E-state index is 5.84. The summed E-state index contributed by atoms with van der Waals surface area (Å²) < 4.78 is 5.39. The molecule has 0 spiro atoms. The minimum absolute atomic E-state index is 0.137. The van der Waals surface area contributed by atoms with Gasteiger partial charge in [0.2, 0.25) is 0 Å². The Morgan fingerprint density at radius 1 is 1.25 bits per heavy atom. The quantitative estimate of drug-likeness (QED) is 0.753. The van der Waals surface area contributed by atoms with Gasteiger partial charge in [-0.15, -0.1) is 0 Å². The van der Waals surface area contributed by atoms with Gasteiger partial charge in [-0.2, -0.15) is 0 Å². The summed E-state index contributed by atoms with van der Waals surface area (Å²) >= 11 is 0. The number of hydrogen-bond donors (Lipinski definition) is 2. The van der Waals surface area contributed by atoms with Crippen molar-refractivity contribution in [3.8, 4) is 0 Å². The zero-order valence-electron chi connectivity index (χ0n) is 10.0.